The van der Waals surface area contributed by atoms with Gasteiger partial charge in [0.1, 0.15) is 5.71 Å². The monoisotopic (exact) mass is 332 g/mol. The van der Waals surface area contributed by atoms with Crippen LogP contribution in [0.4, 0.5) is 5.69 Å². The Morgan fingerprint density at radius 3 is 2.91 bits per heavy atom. The third kappa shape index (κ3) is 2.76. The van der Waals surface area contributed by atoms with Crippen molar-refractivity contribution in [1.82, 2.24) is 9.78 Å². The van der Waals surface area contributed by atoms with Gasteiger partial charge in [0.05, 0.1) is 22.0 Å². The fraction of sp³-hybridized carbons (Fsp3) is 0.438. The van der Waals surface area contributed by atoms with E-state index < -0.39 is 5.60 Å². The molecule has 0 bridgehead atoms. The van der Waals surface area contributed by atoms with Gasteiger partial charge in [0.25, 0.3) is 5.91 Å². The van der Waals surface area contributed by atoms with Gasteiger partial charge in [-0.2, -0.15) is 5.10 Å². The third-order valence-corrected chi connectivity index (χ3v) is 4.99. The van der Waals surface area contributed by atoms with Crippen LogP contribution in [0.25, 0.3) is 0 Å². The van der Waals surface area contributed by atoms with E-state index in [0.29, 0.717) is 6.42 Å². The molecule has 2 aromatic heterocycles. The van der Waals surface area contributed by atoms with Crippen molar-refractivity contribution in [3.05, 3.63) is 33.8 Å². The Morgan fingerprint density at radius 2 is 2.30 bits per heavy atom. The highest BCUT2D eigenvalue weighted by atomic mass is 32.1. The molecule has 7 heteroatoms. The molecule has 3 heterocycles. The number of oxime groups is 1. The molecule has 0 saturated carbocycles. The first-order chi connectivity index (χ1) is 10.9. The summed E-state index contributed by atoms with van der Waals surface area (Å²) in [6.07, 6.45) is 0.458. The molecule has 0 aromatic carbocycles. The Kier molecular flexibility index (Phi) is 3.97. The van der Waals surface area contributed by atoms with Gasteiger partial charge in [0.2, 0.25) is 5.60 Å². The summed E-state index contributed by atoms with van der Waals surface area (Å²) in [5.41, 5.74) is 2.33. The minimum atomic E-state index is -0.994. The molecule has 0 spiro atoms. The molecule has 0 aliphatic carbocycles. The van der Waals surface area contributed by atoms with Gasteiger partial charge in [-0.3, -0.25) is 9.48 Å². The third-order valence-electron chi connectivity index (χ3n) is 4.07. The number of nitrogens with one attached hydrogen (secondary N) is 1. The van der Waals surface area contributed by atoms with Gasteiger partial charge in [-0.05, 0) is 39.1 Å². The van der Waals surface area contributed by atoms with Crippen LogP contribution in [0.1, 0.15) is 36.5 Å². The maximum atomic E-state index is 12.7. The van der Waals surface area contributed by atoms with Crippen molar-refractivity contribution < 1.29 is 9.63 Å². The quantitative estimate of drug-likeness (QED) is 0.935. The minimum Gasteiger partial charge on any atom is -0.379 e. The molecular weight excluding hydrogens is 312 g/mol. The van der Waals surface area contributed by atoms with Crippen molar-refractivity contribution in [2.75, 3.05) is 5.32 Å². The van der Waals surface area contributed by atoms with E-state index in [0.717, 1.165) is 34.2 Å². The highest BCUT2D eigenvalue weighted by Gasteiger charge is 2.43. The number of hydrogen-bond donors (Lipinski definition) is 1. The maximum absolute atomic E-state index is 12.7. The van der Waals surface area contributed by atoms with E-state index >= 15 is 0 Å². The molecule has 1 N–H and O–H groups in total. The molecular formula is C16H20N4O2S. The van der Waals surface area contributed by atoms with E-state index in [9.17, 15) is 4.79 Å². The van der Waals surface area contributed by atoms with E-state index in [2.05, 4.69) is 15.6 Å². The Morgan fingerprint density at radius 1 is 1.52 bits per heavy atom. The summed E-state index contributed by atoms with van der Waals surface area (Å²) in [6.45, 7) is 8.39. The van der Waals surface area contributed by atoms with Crippen molar-refractivity contribution in [3.8, 4) is 0 Å². The fourth-order valence-electron chi connectivity index (χ4n) is 2.67. The summed E-state index contributed by atoms with van der Waals surface area (Å²) < 4.78 is 1.87. The van der Waals surface area contributed by atoms with Gasteiger partial charge >= 0.3 is 0 Å². The number of nitrogens with zero attached hydrogens (tertiary/aromatic N) is 3. The van der Waals surface area contributed by atoms with Gasteiger partial charge in [0, 0.05) is 13.0 Å². The Bertz CT molecular complexity index is 763. The predicted molar refractivity (Wildman–Crippen MR) is 91.0 cm³/mol. The standard InChI is InChI=1S/C16H20N4O2S/c1-5-20-11(3)14(10(2)18-20)17-15(21)16(4)9-12(19-22-16)13-7-6-8-23-13/h6-8H,5,9H2,1-4H3,(H,17,21). The van der Waals surface area contributed by atoms with Crippen molar-refractivity contribution in [1.29, 1.82) is 0 Å². The summed E-state index contributed by atoms with van der Waals surface area (Å²) in [6, 6.07) is 3.94. The van der Waals surface area contributed by atoms with Crippen molar-refractivity contribution in [3.63, 3.8) is 0 Å². The number of anilines is 1. The van der Waals surface area contributed by atoms with Crippen LogP contribution >= 0.6 is 11.3 Å². The second kappa shape index (κ2) is 5.81. The summed E-state index contributed by atoms with van der Waals surface area (Å²) in [4.78, 5) is 19.2. The van der Waals surface area contributed by atoms with E-state index in [4.69, 9.17) is 4.84 Å². The summed E-state index contributed by atoms with van der Waals surface area (Å²) in [5.74, 6) is -0.199. The molecule has 1 unspecified atom stereocenters. The lowest BCUT2D eigenvalue weighted by atomic mass is 9.98. The van der Waals surface area contributed by atoms with E-state index in [1.54, 1.807) is 18.3 Å². The van der Waals surface area contributed by atoms with Crippen LogP contribution in [0.2, 0.25) is 0 Å². The number of hydrogen-bond acceptors (Lipinski definition) is 5. The number of rotatable bonds is 4. The predicted octanol–water partition coefficient (Wildman–Crippen LogP) is 3.10. The average Bonchev–Trinajstić information content (AvgIpc) is 3.23. The molecule has 1 amide bonds. The number of aromatic nitrogens is 2. The largest absolute Gasteiger partial charge is 0.379 e. The molecule has 0 saturated heterocycles. The Hall–Kier alpha value is -2.15. The lowest BCUT2D eigenvalue weighted by Crippen LogP contribution is -2.40. The molecule has 2 aromatic rings. The molecule has 122 valence electrons. The number of carbonyl (C=O) groups is 1. The molecule has 1 atom stereocenters. The summed E-state index contributed by atoms with van der Waals surface area (Å²) >= 11 is 1.59. The fourth-order valence-corrected chi connectivity index (χ4v) is 3.37. The molecule has 0 fully saturated rings. The second-order valence-electron chi connectivity index (χ2n) is 5.83. The highest BCUT2D eigenvalue weighted by Crippen LogP contribution is 2.30. The van der Waals surface area contributed by atoms with E-state index in [-0.39, 0.29) is 5.91 Å². The zero-order valence-electron chi connectivity index (χ0n) is 13.7. The van der Waals surface area contributed by atoms with Gasteiger partial charge in [-0.1, -0.05) is 11.2 Å². The van der Waals surface area contributed by atoms with Crippen molar-refractivity contribution in [2.24, 2.45) is 5.16 Å². The first kappa shape index (κ1) is 15.7. The van der Waals surface area contributed by atoms with E-state index in [1.807, 2.05) is 43.0 Å². The zero-order valence-corrected chi connectivity index (χ0v) is 14.5. The normalized spacial score (nSPS) is 20.3. The van der Waals surface area contributed by atoms with Crippen molar-refractivity contribution in [2.45, 2.75) is 46.3 Å². The summed E-state index contributed by atoms with van der Waals surface area (Å²) in [7, 11) is 0. The Labute approximate surface area is 139 Å². The number of thiophene rings is 1. The van der Waals surface area contributed by atoms with Crippen LogP contribution in [0.5, 0.6) is 0 Å². The van der Waals surface area contributed by atoms with Gasteiger partial charge in [-0.25, -0.2) is 0 Å². The first-order valence-electron chi connectivity index (χ1n) is 7.59. The SMILES string of the molecule is CCn1nc(C)c(NC(=O)C2(C)CC(c3cccs3)=NO2)c1C. The van der Waals surface area contributed by atoms with Crippen LogP contribution in [0.15, 0.2) is 22.7 Å². The van der Waals surface area contributed by atoms with Gasteiger partial charge in [-0.15, -0.1) is 11.3 Å². The van der Waals surface area contributed by atoms with Crippen LogP contribution < -0.4 is 5.32 Å². The Balaban J connectivity index is 1.76. The number of carbonyl (C=O) groups excluding carboxylic acids is 1. The minimum absolute atomic E-state index is 0.199. The number of aryl methyl sites for hydroxylation is 2. The van der Waals surface area contributed by atoms with Crippen LogP contribution in [-0.4, -0.2) is 27.0 Å². The molecule has 23 heavy (non-hydrogen) atoms. The van der Waals surface area contributed by atoms with E-state index in [1.165, 1.54) is 0 Å². The molecule has 1 aliphatic rings. The topological polar surface area (TPSA) is 68.5 Å². The highest BCUT2D eigenvalue weighted by molar-refractivity contribution is 7.12. The summed E-state index contributed by atoms with van der Waals surface area (Å²) in [5, 5.41) is 13.5. The first-order valence-corrected chi connectivity index (χ1v) is 8.47. The van der Waals surface area contributed by atoms with Crippen LogP contribution in [0, 0.1) is 13.8 Å². The molecule has 6 nitrogen and oxygen atoms in total. The molecule has 1 aliphatic heterocycles. The zero-order chi connectivity index (χ0) is 16.6. The number of amides is 1. The molecule has 3 rings (SSSR count). The molecule has 0 radical (unpaired) electrons. The second-order valence-corrected chi connectivity index (χ2v) is 6.78. The smallest absolute Gasteiger partial charge is 0.271 e. The lowest BCUT2D eigenvalue weighted by Gasteiger charge is -2.20. The van der Waals surface area contributed by atoms with Gasteiger partial charge in [0.15, 0.2) is 0 Å². The average molecular weight is 332 g/mol. The lowest BCUT2D eigenvalue weighted by molar-refractivity contribution is -0.135. The van der Waals surface area contributed by atoms with Crippen molar-refractivity contribution >= 4 is 28.6 Å². The van der Waals surface area contributed by atoms with Gasteiger partial charge < -0.3 is 10.2 Å². The van der Waals surface area contributed by atoms with Crippen LogP contribution in [-0.2, 0) is 16.2 Å². The van der Waals surface area contributed by atoms with Crippen LogP contribution in [0.3, 0.4) is 0 Å². The maximum Gasteiger partial charge on any atom is 0.271 e.